The molecule has 0 N–H and O–H groups in total. The Kier molecular flexibility index (Phi) is 5.51. The maximum absolute atomic E-state index is 13.9. The zero-order valence-electron chi connectivity index (χ0n) is 18.4. The third kappa shape index (κ3) is 3.79. The minimum Gasteiger partial charge on any atom is -0.378 e. The third-order valence-electron chi connectivity index (χ3n) is 5.79. The predicted octanol–water partition coefficient (Wildman–Crippen LogP) is 4.49. The highest BCUT2D eigenvalue weighted by molar-refractivity contribution is 6.15. The molecule has 1 heterocycles. The maximum atomic E-state index is 13.9. The van der Waals surface area contributed by atoms with Crippen LogP contribution in [0.15, 0.2) is 72.8 Å². The first-order chi connectivity index (χ1) is 14.9. The second-order valence-corrected chi connectivity index (χ2v) is 8.15. The van der Waals surface area contributed by atoms with Crippen LogP contribution >= 0.6 is 0 Å². The summed E-state index contributed by atoms with van der Waals surface area (Å²) in [5.74, 6) is -0.200. The Bertz CT molecular complexity index is 1090. The number of aryl methyl sites for hydroxylation is 2. The molecule has 5 heteroatoms. The van der Waals surface area contributed by atoms with E-state index in [4.69, 9.17) is 0 Å². The SMILES string of the molecule is Cc1cccc(C)c1N1CC(=O)N(c2ccccc2)[C@@H](c2ccc(N(C)C)cc2)C1=O. The van der Waals surface area contributed by atoms with Gasteiger partial charge in [-0.1, -0.05) is 48.5 Å². The van der Waals surface area contributed by atoms with Crippen molar-refractivity contribution in [1.29, 1.82) is 0 Å². The van der Waals surface area contributed by atoms with E-state index in [1.165, 1.54) is 0 Å². The monoisotopic (exact) mass is 413 g/mol. The van der Waals surface area contributed by atoms with Gasteiger partial charge in [-0.2, -0.15) is 0 Å². The van der Waals surface area contributed by atoms with E-state index < -0.39 is 6.04 Å². The number of carbonyl (C=O) groups excluding carboxylic acids is 2. The summed E-state index contributed by atoms with van der Waals surface area (Å²) in [6, 6.07) is 22.5. The van der Waals surface area contributed by atoms with Crippen LogP contribution in [-0.4, -0.2) is 32.5 Å². The molecule has 0 aromatic heterocycles. The number of rotatable bonds is 4. The predicted molar refractivity (Wildman–Crippen MR) is 126 cm³/mol. The molecule has 0 radical (unpaired) electrons. The lowest BCUT2D eigenvalue weighted by Gasteiger charge is -2.41. The standard InChI is InChI=1S/C26H27N3O2/c1-18-9-8-10-19(2)24(18)28-17-23(30)29(22-11-6-5-7-12-22)25(26(28)31)20-13-15-21(16-14-20)27(3)4/h5-16,25H,17H2,1-4H3/t25-/m0/s1. The zero-order valence-corrected chi connectivity index (χ0v) is 18.4. The summed E-state index contributed by atoms with van der Waals surface area (Å²) in [6.07, 6.45) is 0. The molecule has 2 amide bonds. The first-order valence-electron chi connectivity index (χ1n) is 10.4. The Balaban J connectivity index is 1.84. The lowest BCUT2D eigenvalue weighted by atomic mass is 9.97. The van der Waals surface area contributed by atoms with E-state index in [0.29, 0.717) is 0 Å². The second kappa shape index (κ2) is 8.26. The lowest BCUT2D eigenvalue weighted by molar-refractivity contribution is -0.128. The Morgan fingerprint density at radius 1 is 0.806 bits per heavy atom. The summed E-state index contributed by atoms with van der Waals surface area (Å²) in [4.78, 5) is 32.6. The molecule has 4 rings (SSSR count). The molecule has 1 atom stereocenters. The molecule has 3 aromatic rings. The van der Waals surface area contributed by atoms with Gasteiger partial charge in [0.1, 0.15) is 12.6 Å². The molecular weight excluding hydrogens is 386 g/mol. The first-order valence-corrected chi connectivity index (χ1v) is 10.4. The van der Waals surface area contributed by atoms with E-state index in [1.54, 1.807) is 9.80 Å². The minimum absolute atomic E-state index is 0.0195. The zero-order chi connectivity index (χ0) is 22.1. The molecule has 3 aromatic carbocycles. The molecule has 0 unspecified atom stereocenters. The first kappa shape index (κ1) is 20.7. The van der Waals surface area contributed by atoms with E-state index >= 15 is 0 Å². The van der Waals surface area contributed by atoms with Crippen molar-refractivity contribution in [2.75, 3.05) is 35.3 Å². The number of piperazine rings is 1. The molecule has 1 aliphatic heterocycles. The molecule has 1 saturated heterocycles. The molecular formula is C26H27N3O2. The molecule has 0 saturated carbocycles. The van der Waals surface area contributed by atoms with Gasteiger partial charge in [0.15, 0.2) is 0 Å². The van der Waals surface area contributed by atoms with Gasteiger partial charge in [0.05, 0.1) is 5.69 Å². The Morgan fingerprint density at radius 3 is 2.00 bits per heavy atom. The number of nitrogens with zero attached hydrogens (tertiary/aromatic N) is 3. The van der Waals surface area contributed by atoms with Gasteiger partial charge in [-0.05, 0) is 54.8 Å². The largest absolute Gasteiger partial charge is 0.378 e. The Labute approximate surface area is 183 Å². The summed E-state index contributed by atoms with van der Waals surface area (Å²) < 4.78 is 0. The van der Waals surface area contributed by atoms with Crippen molar-refractivity contribution in [1.82, 2.24) is 0 Å². The summed E-state index contributed by atoms with van der Waals surface area (Å²) in [5.41, 5.74) is 5.35. The van der Waals surface area contributed by atoms with Gasteiger partial charge in [-0.15, -0.1) is 0 Å². The highest BCUT2D eigenvalue weighted by atomic mass is 16.2. The van der Waals surface area contributed by atoms with Crippen LogP contribution in [0.5, 0.6) is 0 Å². The van der Waals surface area contributed by atoms with Gasteiger partial charge in [-0.25, -0.2) is 0 Å². The van der Waals surface area contributed by atoms with Crippen LogP contribution in [0.1, 0.15) is 22.7 Å². The highest BCUT2D eigenvalue weighted by Crippen LogP contribution is 2.36. The smallest absolute Gasteiger partial charge is 0.255 e. The third-order valence-corrected chi connectivity index (χ3v) is 5.79. The fourth-order valence-electron chi connectivity index (χ4n) is 4.24. The van der Waals surface area contributed by atoms with Gasteiger partial charge in [0.25, 0.3) is 5.91 Å². The fraction of sp³-hybridized carbons (Fsp3) is 0.231. The fourth-order valence-corrected chi connectivity index (χ4v) is 4.24. The van der Waals surface area contributed by atoms with E-state index in [0.717, 1.165) is 33.8 Å². The Hall–Kier alpha value is -3.60. The molecule has 1 fully saturated rings. The van der Waals surface area contributed by atoms with Crippen molar-refractivity contribution in [2.24, 2.45) is 0 Å². The number of benzene rings is 3. The molecule has 0 aliphatic carbocycles. The number of carbonyl (C=O) groups is 2. The Morgan fingerprint density at radius 2 is 1.42 bits per heavy atom. The molecule has 31 heavy (non-hydrogen) atoms. The lowest BCUT2D eigenvalue weighted by Crippen LogP contribution is -2.56. The van der Waals surface area contributed by atoms with Crippen molar-refractivity contribution < 1.29 is 9.59 Å². The molecule has 0 bridgehead atoms. The summed E-state index contributed by atoms with van der Waals surface area (Å²) in [6.45, 7) is 3.97. The topological polar surface area (TPSA) is 43.9 Å². The normalized spacial score (nSPS) is 16.6. The van der Waals surface area contributed by atoms with Crippen molar-refractivity contribution in [3.63, 3.8) is 0 Å². The molecule has 0 spiro atoms. The molecule has 1 aliphatic rings. The minimum atomic E-state index is -0.723. The van der Waals surface area contributed by atoms with Crippen LogP contribution < -0.4 is 14.7 Å². The van der Waals surface area contributed by atoms with Gasteiger partial charge in [0.2, 0.25) is 5.91 Å². The van der Waals surface area contributed by atoms with Crippen LogP contribution in [0.4, 0.5) is 17.1 Å². The van der Waals surface area contributed by atoms with Gasteiger partial charge < -0.3 is 9.80 Å². The van der Waals surface area contributed by atoms with Gasteiger partial charge >= 0.3 is 0 Å². The van der Waals surface area contributed by atoms with Crippen LogP contribution in [-0.2, 0) is 9.59 Å². The maximum Gasteiger partial charge on any atom is 0.255 e. The van der Waals surface area contributed by atoms with Crippen molar-refractivity contribution in [3.05, 3.63) is 89.5 Å². The average Bonchev–Trinajstić information content (AvgIpc) is 2.76. The number of hydrogen-bond acceptors (Lipinski definition) is 3. The van der Waals surface area contributed by atoms with Crippen molar-refractivity contribution in [3.8, 4) is 0 Å². The number of hydrogen-bond donors (Lipinski definition) is 0. The molecule has 158 valence electrons. The van der Waals surface area contributed by atoms with Crippen LogP contribution in [0.3, 0.4) is 0 Å². The van der Waals surface area contributed by atoms with Crippen LogP contribution in [0.25, 0.3) is 0 Å². The second-order valence-electron chi connectivity index (χ2n) is 8.15. The summed E-state index contributed by atoms with van der Waals surface area (Å²) in [7, 11) is 3.95. The van der Waals surface area contributed by atoms with Gasteiger partial charge in [-0.3, -0.25) is 14.5 Å². The number of anilines is 3. The van der Waals surface area contributed by atoms with Crippen molar-refractivity contribution >= 4 is 28.9 Å². The van der Waals surface area contributed by atoms with E-state index in [-0.39, 0.29) is 18.4 Å². The van der Waals surface area contributed by atoms with Crippen LogP contribution in [0, 0.1) is 13.8 Å². The van der Waals surface area contributed by atoms with Crippen LogP contribution in [0.2, 0.25) is 0 Å². The quantitative estimate of drug-likeness (QED) is 0.633. The summed E-state index contributed by atoms with van der Waals surface area (Å²) >= 11 is 0. The van der Waals surface area contributed by atoms with E-state index in [1.807, 2.05) is 106 Å². The van der Waals surface area contributed by atoms with Gasteiger partial charge in [0, 0.05) is 25.5 Å². The number of amides is 2. The molecule has 5 nitrogen and oxygen atoms in total. The van der Waals surface area contributed by atoms with E-state index in [9.17, 15) is 9.59 Å². The average molecular weight is 414 g/mol. The van der Waals surface area contributed by atoms with Crippen molar-refractivity contribution in [2.45, 2.75) is 19.9 Å². The summed E-state index contributed by atoms with van der Waals surface area (Å²) in [5, 5.41) is 0. The highest BCUT2D eigenvalue weighted by Gasteiger charge is 2.42. The van der Waals surface area contributed by atoms with E-state index in [2.05, 4.69) is 0 Å². The number of para-hydroxylation sites is 2.